The fourth-order valence-electron chi connectivity index (χ4n) is 2.47. The standard InChI is InChI=1S/C22H22N2O3/c1-2-26-20-12-14-21(15-13-20)27-16-22(25)24-19-10-8-18(9-11-19)23-17-6-4-3-5-7-17/h3-15,23H,2,16H2,1H3,(H,24,25). The second-order valence-corrected chi connectivity index (χ2v) is 5.81. The van der Waals surface area contributed by atoms with Crippen molar-refractivity contribution in [2.24, 2.45) is 0 Å². The van der Waals surface area contributed by atoms with Gasteiger partial charge in [0.05, 0.1) is 6.61 Å². The van der Waals surface area contributed by atoms with Gasteiger partial charge in [0.2, 0.25) is 0 Å². The normalized spacial score (nSPS) is 10.1. The Morgan fingerprint density at radius 1 is 0.741 bits per heavy atom. The molecule has 1 amide bonds. The summed E-state index contributed by atoms with van der Waals surface area (Å²) < 4.78 is 10.9. The number of benzene rings is 3. The van der Waals surface area contributed by atoms with Gasteiger partial charge in [0.25, 0.3) is 5.91 Å². The van der Waals surface area contributed by atoms with Crippen molar-refractivity contribution >= 4 is 23.0 Å². The average Bonchev–Trinajstić information content (AvgIpc) is 2.70. The number of nitrogens with one attached hydrogen (secondary N) is 2. The zero-order chi connectivity index (χ0) is 18.9. The highest BCUT2D eigenvalue weighted by atomic mass is 16.5. The Morgan fingerprint density at radius 2 is 1.30 bits per heavy atom. The van der Waals surface area contributed by atoms with Crippen LogP contribution in [0.25, 0.3) is 0 Å². The van der Waals surface area contributed by atoms with Gasteiger partial charge >= 0.3 is 0 Å². The van der Waals surface area contributed by atoms with Gasteiger partial charge in [-0.2, -0.15) is 0 Å². The lowest BCUT2D eigenvalue weighted by molar-refractivity contribution is -0.118. The van der Waals surface area contributed by atoms with Gasteiger partial charge in [0.1, 0.15) is 11.5 Å². The molecule has 0 spiro atoms. The quantitative estimate of drug-likeness (QED) is 0.602. The molecule has 0 radical (unpaired) electrons. The van der Waals surface area contributed by atoms with Crippen LogP contribution in [0.1, 0.15) is 6.92 Å². The van der Waals surface area contributed by atoms with Crippen LogP contribution in [-0.2, 0) is 4.79 Å². The van der Waals surface area contributed by atoms with E-state index in [1.54, 1.807) is 12.1 Å². The predicted molar refractivity (Wildman–Crippen MR) is 108 cm³/mol. The first-order valence-electron chi connectivity index (χ1n) is 8.80. The van der Waals surface area contributed by atoms with E-state index in [0.717, 1.165) is 17.1 Å². The Morgan fingerprint density at radius 3 is 1.93 bits per heavy atom. The zero-order valence-corrected chi connectivity index (χ0v) is 15.1. The summed E-state index contributed by atoms with van der Waals surface area (Å²) in [5.74, 6) is 1.18. The zero-order valence-electron chi connectivity index (χ0n) is 15.1. The van der Waals surface area contributed by atoms with Gasteiger partial charge in [-0.1, -0.05) is 18.2 Å². The third kappa shape index (κ3) is 5.78. The molecule has 0 aliphatic heterocycles. The molecule has 0 fully saturated rings. The van der Waals surface area contributed by atoms with Gasteiger partial charge in [0, 0.05) is 17.1 Å². The summed E-state index contributed by atoms with van der Waals surface area (Å²) in [5.41, 5.74) is 2.68. The lowest BCUT2D eigenvalue weighted by Gasteiger charge is -2.10. The molecule has 138 valence electrons. The smallest absolute Gasteiger partial charge is 0.262 e. The molecule has 3 aromatic carbocycles. The van der Waals surface area contributed by atoms with Crippen molar-refractivity contribution in [3.63, 3.8) is 0 Å². The molecular formula is C22H22N2O3. The van der Waals surface area contributed by atoms with Crippen molar-refractivity contribution < 1.29 is 14.3 Å². The first-order valence-corrected chi connectivity index (χ1v) is 8.80. The molecule has 0 bridgehead atoms. The average molecular weight is 362 g/mol. The fourth-order valence-corrected chi connectivity index (χ4v) is 2.47. The van der Waals surface area contributed by atoms with Crippen LogP contribution < -0.4 is 20.1 Å². The number of hydrogen-bond donors (Lipinski definition) is 2. The van der Waals surface area contributed by atoms with Crippen molar-refractivity contribution in [3.8, 4) is 11.5 Å². The van der Waals surface area contributed by atoms with Gasteiger partial charge in [-0.05, 0) is 67.6 Å². The molecule has 0 unspecified atom stereocenters. The first-order chi connectivity index (χ1) is 13.2. The number of ether oxygens (including phenoxy) is 2. The number of hydrogen-bond acceptors (Lipinski definition) is 4. The highest BCUT2D eigenvalue weighted by Gasteiger charge is 2.04. The van der Waals surface area contributed by atoms with Gasteiger partial charge in [0.15, 0.2) is 6.61 Å². The van der Waals surface area contributed by atoms with Crippen molar-refractivity contribution in [2.75, 3.05) is 23.8 Å². The van der Waals surface area contributed by atoms with Crippen molar-refractivity contribution in [3.05, 3.63) is 78.9 Å². The van der Waals surface area contributed by atoms with Crippen molar-refractivity contribution in [1.29, 1.82) is 0 Å². The lowest BCUT2D eigenvalue weighted by Crippen LogP contribution is -2.20. The van der Waals surface area contributed by atoms with E-state index < -0.39 is 0 Å². The highest BCUT2D eigenvalue weighted by molar-refractivity contribution is 5.92. The Balaban J connectivity index is 1.47. The molecule has 0 saturated carbocycles. The first kappa shape index (κ1) is 18.3. The molecule has 5 nitrogen and oxygen atoms in total. The molecule has 5 heteroatoms. The van der Waals surface area contributed by atoms with E-state index in [1.807, 2.05) is 73.7 Å². The predicted octanol–water partition coefficient (Wildman–Crippen LogP) is 4.85. The van der Waals surface area contributed by atoms with E-state index in [-0.39, 0.29) is 12.5 Å². The largest absolute Gasteiger partial charge is 0.494 e. The molecule has 27 heavy (non-hydrogen) atoms. The Bertz CT molecular complexity index is 847. The Hall–Kier alpha value is -3.47. The minimum atomic E-state index is -0.215. The maximum absolute atomic E-state index is 12.1. The van der Waals surface area contributed by atoms with E-state index >= 15 is 0 Å². The molecule has 0 atom stereocenters. The molecular weight excluding hydrogens is 340 g/mol. The third-order valence-corrected chi connectivity index (χ3v) is 3.74. The van der Waals surface area contributed by atoms with Crippen LogP contribution in [0.2, 0.25) is 0 Å². The number of anilines is 3. The topological polar surface area (TPSA) is 59.6 Å². The molecule has 0 aliphatic rings. The second kappa shape index (κ2) is 9.29. The molecule has 0 aromatic heterocycles. The van der Waals surface area contributed by atoms with Crippen molar-refractivity contribution in [1.82, 2.24) is 0 Å². The van der Waals surface area contributed by atoms with Gasteiger partial charge in [-0.15, -0.1) is 0 Å². The van der Waals surface area contributed by atoms with Crippen LogP contribution in [0.5, 0.6) is 11.5 Å². The summed E-state index contributed by atoms with van der Waals surface area (Å²) in [4.78, 5) is 12.1. The molecule has 2 N–H and O–H groups in total. The van der Waals surface area contributed by atoms with E-state index in [0.29, 0.717) is 18.0 Å². The van der Waals surface area contributed by atoms with Gasteiger partial charge in [-0.3, -0.25) is 4.79 Å². The third-order valence-electron chi connectivity index (χ3n) is 3.74. The Labute approximate surface area is 158 Å². The Kier molecular flexibility index (Phi) is 6.30. The van der Waals surface area contributed by atoms with E-state index in [2.05, 4.69) is 10.6 Å². The monoisotopic (exact) mass is 362 g/mol. The van der Waals surface area contributed by atoms with E-state index in [4.69, 9.17) is 9.47 Å². The summed E-state index contributed by atoms with van der Waals surface area (Å²) in [6.45, 7) is 2.49. The summed E-state index contributed by atoms with van der Waals surface area (Å²) >= 11 is 0. The van der Waals surface area contributed by atoms with E-state index in [9.17, 15) is 4.79 Å². The minimum Gasteiger partial charge on any atom is -0.494 e. The number of carbonyl (C=O) groups excluding carboxylic acids is 1. The van der Waals surface area contributed by atoms with Gasteiger partial charge < -0.3 is 20.1 Å². The van der Waals surface area contributed by atoms with Crippen LogP contribution in [-0.4, -0.2) is 19.1 Å². The van der Waals surface area contributed by atoms with E-state index in [1.165, 1.54) is 0 Å². The number of carbonyl (C=O) groups is 1. The summed E-state index contributed by atoms with van der Waals surface area (Å²) in [5, 5.41) is 6.12. The molecule has 0 aliphatic carbocycles. The molecule has 3 rings (SSSR count). The summed E-state index contributed by atoms with van der Waals surface area (Å²) in [6.07, 6.45) is 0. The number of para-hydroxylation sites is 1. The van der Waals surface area contributed by atoms with Gasteiger partial charge in [-0.25, -0.2) is 0 Å². The van der Waals surface area contributed by atoms with Crippen LogP contribution in [0.4, 0.5) is 17.1 Å². The fraction of sp³-hybridized carbons (Fsp3) is 0.136. The van der Waals surface area contributed by atoms with Crippen LogP contribution in [0, 0.1) is 0 Å². The molecule has 3 aromatic rings. The van der Waals surface area contributed by atoms with Crippen LogP contribution in [0.15, 0.2) is 78.9 Å². The molecule has 0 heterocycles. The number of rotatable bonds is 8. The number of amides is 1. The maximum atomic E-state index is 12.1. The molecule has 0 saturated heterocycles. The minimum absolute atomic E-state index is 0.0575. The summed E-state index contributed by atoms with van der Waals surface area (Å²) in [6, 6.07) is 24.6. The highest BCUT2D eigenvalue weighted by Crippen LogP contribution is 2.19. The SMILES string of the molecule is CCOc1ccc(OCC(=O)Nc2ccc(Nc3ccccc3)cc2)cc1. The summed E-state index contributed by atoms with van der Waals surface area (Å²) in [7, 11) is 0. The lowest BCUT2D eigenvalue weighted by atomic mass is 10.2. The second-order valence-electron chi connectivity index (χ2n) is 5.81. The van der Waals surface area contributed by atoms with Crippen LogP contribution in [0.3, 0.4) is 0 Å². The maximum Gasteiger partial charge on any atom is 0.262 e. The van der Waals surface area contributed by atoms with Crippen molar-refractivity contribution in [2.45, 2.75) is 6.92 Å². The van der Waals surface area contributed by atoms with Crippen LogP contribution >= 0.6 is 0 Å².